The van der Waals surface area contributed by atoms with Crippen LogP contribution in [0.3, 0.4) is 0 Å². The van der Waals surface area contributed by atoms with Crippen LogP contribution in [0.2, 0.25) is 0 Å². The zero-order valence-electron chi connectivity index (χ0n) is 37.9. The molecular weight excluding hydrogens is 920 g/mol. The van der Waals surface area contributed by atoms with Gasteiger partial charge in [0.25, 0.3) is 0 Å². The van der Waals surface area contributed by atoms with Crippen molar-refractivity contribution in [3.05, 3.63) is 93.9 Å². The molecule has 9 rings (SSSR count). The number of piperidine rings is 2. The van der Waals surface area contributed by atoms with Crippen LogP contribution in [-0.2, 0) is 14.3 Å². The minimum absolute atomic E-state index is 0.0111. The standard InChI is InChI=1S/C32H34F2N6O3.C17H17BrF2N2O/c1-19-30(29-24(34)12-21(33)13-26(29)38-31(19)40-18-32(2,3)6-5-28(40)41)37-25-14-27(39-7-9-43-10-8-39)36-17-23(25)20-11-22(42-4)16-35-15-20;1-9-15(18)14-11(20)6-10(19)7-12(14)21-16(9)22-8-17(2,3)5-4-13(22)23/h11-17H,5-10,18H2,1-4H3,(H,36,37,38);6-7H,4-5,8H2,1-3H3. The number of hydrogen-bond donors (Lipinski definition) is 1. The molecule has 0 aliphatic carbocycles. The van der Waals surface area contributed by atoms with Gasteiger partial charge in [0.2, 0.25) is 11.8 Å². The molecule has 6 aromatic rings. The smallest absolute Gasteiger partial charge is 0.228 e. The maximum absolute atomic E-state index is 15.6. The molecule has 0 atom stereocenters. The molecule has 4 aromatic heterocycles. The summed E-state index contributed by atoms with van der Waals surface area (Å²) in [6.45, 7) is 15.5. The third-order valence-electron chi connectivity index (χ3n) is 12.4. The van der Waals surface area contributed by atoms with Crippen LogP contribution in [0, 0.1) is 47.9 Å². The van der Waals surface area contributed by atoms with E-state index in [1.807, 2.05) is 12.1 Å². The van der Waals surface area contributed by atoms with Gasteiger partial charge in [0.15, 0.2) is 0 Å². The molecule has 0 unspecified atom stereocenters. The molecule has 2 amide bonds. The Kier molecular flexibility index (Phi) is 13.0. The monoisotopic (exact) mass is 970 g/mol. The first-order valence-corrected chi connectivity index (χ1v) is 22.6. The van der Waals surface area contributed by atoms with Crippen LogP contribution in [0.25, 0.3) is 32.9 Å². The second kappa shape index (κ2) is 18.4. The molecule has 0 saturated carbocycles. The Hall–Kier alpha value is -5.94. The number of rotatable bonds is 7. The largest absolute Gasteiger partial charge is 0.495 e. The summed E-state index contributed by atoms with van der Waals surface area (Å²) >= 11 is 3.38. The predicted octanol–water partition coefficient (Wildman–Crippen LogP) is 10.8. The molecule has 0 radical (unpaired) electrons. The van der Waals surface area contributed by atoms with Crippen LogP contribution >= 0.6 is 15.9 Å². The van der Waals surface area contributed by atoms with E-state index >= 15 is 4.39 Å². The van der Waals surface area contributed by atoms with Gasteiger partial charge in [-0.05, 0) is 59.5 Å². The first kappa shape index (κ1) is 46.6. The van der Waals surface area contributed by atoms with Crippen LogP contribution in [0.15, 0.2) is 59.5 Å². The molecule has 3 saturated heterocycles. The summed E-state index contributed by atoms with van der Waals surface area (Å²) in [4.78, 5) is 49.0. The molecule has 17 heteroatoms. The number of halogens is 5. The van der Waals surface area contributed by atoms with Gasteiger partial charge in [0.05, 0.1) is 59.7 Å². The summed E-state index contributed by atoms with van der Waals surface area (Å²) in [6, 6.07) is 7.82. The van der Waals surface area contributed by atoms with E-state index < -0.39 is 23.3 Å². The van der Waals surface area contributed by atoms with E-state index in [9.17, 15) is 22.8 Å². The highest BCUT2D eigenvalue weighted by atomic mass is 79.9. The lowest BCUT2D eigenvalue weighted by Crippen LogP contribution is -2.44. The molecular formula is C49H51BrF4N8O4. The summed E-state index contributed by atoms with van der Waals surface area (Å²) in [5, 5.41) is 3.83. The van der Waals surface area contributed by atoms with Crippen molar-refractivity contribution in [1.82, 2.24) is 19.9 Å². The number of pyridine rings is 4. The first-order chi connectivity index (χ1) is 31.3. The first-order valence-electron chi connectivity index (χ1n) is 21.8. The second-order valence-electron chi connectivity index (χ2n) is 18.6. The van der Waals surface area contributed by atoms with Gasteiger partial charge >= 0.3 is 0 Å². The summed E-state index contributed by atoms with van der Waals surface area (Å²) < 4.78 is 69.2. The van der Waals surface area contributed by atoms with Gasteiger partial charge in [-0.2, -0.15) is 0 Å². The topological polar surface area (TPSA) is 126 Å². The number of amides is 2. The molecule has 2 aromatic carbocycles. The van der Waals surface area contributed by atoms with E-state index in [4.69, 9.17) is 14.5 Å². The average Bonchev–Trinajstić information content (AvgIpc) is 3.27. The van der Waals surface area contributed by atoms with Crippen molar-refractivity contribution in [1.29, 1.82) is 0 Å². The van der Waals surface area contributed by atoms with E-state index in [0.717, 1.165) is 36.4 Å². The van der Waals surface area contributed by atoms with Crippen molar-refractivity contribution in [3.8, 4) is 16.9 Å². The maximum atomic E-state index is 15.6. The number of morpholine rings is 1. The third kappa shape index (κ3) is 9.50. The minimum atomic E-state index is -0.753. The van der Waals surface area contributed by atoms with Crippen molar-refractivity contribution < 1.29 is 36.6 Å². The number of hydrogen-bond acceptors (Lipinski definition) is 10. The number of aromatic nitrogens is 4. The zero-order chi connectivity index (χ0) is 47.2. The summed E-state index contributed by atoms with van der Waals surface area (Å²) in [5.74, 6) is -0.794. The second-order valence-corrected chi connectivity index (χ2v) is 19.4. The molecule has 0 bridgehead atoms. The fourth-order valence-electron chi connectivity index (χ4n) is 8.72. The highest BCUT2D eigenvalue weighted by Gasteiger charge is 2.36. The average molecular weight is 972 g/mol. The van der Waals surface area contributed by atoms with Crippen molar-refractivity contribution in [2.24, 2.45) is 10.8 Å². The van der Waals surface area contributed by atoms with Gasteiger partial charge < -0.3 is 19.7 Å². The van der Waals surface area contributed by atoms with E-state index in [-0.39, 0.29) is 44.5 Å². The van der Waals surface area contributed by atoms with Gasteiger partial charge in [0, 0.05) is 108 Å². The van der Waals surface area contributed by atoms with Crippen molar-refractivity contribution >= 4 is 78.4 Å². The van der Waals surface area contributed by atoms with Crippen LogP contribution in [0.4, 0.5) is 46.4 Å². The highest BCUT2D eigenvalue weighted by molar-refractivity contribution is 9.10. The van der Waals surface area contributed by atoms with Gasteiger partial charge in [-0.3, -0.25) is 24.4 Å². The molecule has 0 spiro atoms. The number of anilines is 5. The zero-order valence-corrected chi connectivity index (χ0v) is 39.5. The Balaban J connectivity index is 0.000000216. The number of methoxy groups -OCH3 is 1. The van der Waals surface area contributed by atoms with Gasteiger partial charge in [-0.1, -0.05) is 27.7 Å². The Morgan fingerprint density at radius 2 is 1.30 bits per heavy atom. The van der Waals surface area contributed by atoms with Crippen molar-refractivity contribution in [2.75, 3.05) is 66.5 Å². The number of carbonyl (C=O) groups is 2. The summed E-state index contributed by atoms with van der Waals surface area (Å²) in [5.41, 5.74) is 3.87. The molecule has 3 aliphatic rings. The Labute approximate surface area is 388 Å². The quantitative estimate of drug-likeness (QED) is 0.155. The highest BCUT2D eigenvalue weighted by Crippen LogP contribution is 2.43. The SMILES string of the molecule is COc1cncc(-c2cnc(N3CCOCC3)cc2Nc2c(C)c(N3CC(C)(C)CCC3=O)nc3cc(F)cc(F)c23)c1.Cc1c(N2CC(C)(C)CCC2=O)nc2cc(F)cc(F)c2c1Br. The van der Waals surface area contributed by atoms with Crippen LogP contribution in [-0.4, -0.2) is 78.3 Å². The van der Waals surface area contributed by atoms with Gasteiger partial charge in [0.1, 0.15) is 46.5 Å². The summed E-state index contributed by atoms with van der Waals surface area (Å²) in [6.07, 6.45) is 7.44. The fourth-order valence-corrected chi connectivity index (χ4v) is 9.29. The molecule has 346 valence electrons. The van der Waals surface area contributed by atoms with E-state index in [1.54, 1.807) is 49.3 Å². The normalized spacial score (nSPS) is 17.2. The van der Waals surface area contributed by atoms with Gasteiger partial charge in [-0.25, -0.2) is 32.5 Å². The number of benzene rings is 2. The van der Waals surface area contributed by atoms with E-state index in [1.165, 1.54) is 12.1 Å². The predicted molar refractivity (Wildman–Crippen MR) is 252 cm³/mol. The maximum Gasteiger partial charge on any atom is 0.228 e. The van der Waals surface area contributed by atoms with Crippen LogP contribution in [0.1, 0.15) is 64.5 Å². The lowest BCUT2D eigenvalue weighted by Gasteiger charge is -2.38. The van der Waals surface area contributed by atoms with Crippen LogP contribution in [0.5, 0.6) is 5.75 Å². The van der Waals surface area contributed by atoms with E-state index in [0.29, 0.717) is 102 Å². The van der Waals surface area contributed by atoms with Gasteiger partial charge in [-0.15, -0.1) is 0 Å². The molecule has 1 N–H and O–H groups in total. The molecule has 3 fully saturated rings. The Morgan fingerprint density at radius 3 is 1.89 bits per heavy atom. The molecule has 3 aliphatic heterocycles. The Bertz CT molecular complexity index is 2890. The number of nitrogens with zero attached hydrogens (tertiary/aromatic N) is 7. The Morgan fingerprint density at radius 1 is 0.742 bits per heavy atom. The van der Waals surface area contributed by atoms with E-state index in [2.05, 4.69) is 68.8 Å². The molecule has 7 heterocycles. The summed E-state index contributed by atoms with van der Waals surface area (Å²) in [7, 11) is 1.57. The number of nitrogens with one attached hydrogen (secondary N) is 1. The number of fused-ring (bicyclic) bond motifs is 2. The lowest BCUT2D eigenvalue weighted by atomic mass is 9.83. The fraction of sp³-hybridized carbons (Fsp3) is 0.388. The number of carbonyl (C=O) groups excluding carboxylic acids is 2. The minimum Gasteiger partial charge on any atom is -0.495 e. The van der Waals surface area contributed by atoms with Crippen molar-refractivity contribution in [2.45, 2.75) is 67.2 Å². The molecule has 66 heavy (non-hydrogen) atoms. The third-order valence-corrected chi connectivity index (χ3v) is 13.4. The molecule has 12 nitrogen and oxygen atoms in total. The lowest BCUT2D eigenvalue weighted by molar-refractivity contribution is -0.121. The number of ether oxygens (including phenoxy) is 2. The van der Waals surface area contributed by atoms with Crippen LogP contribution < -0.4 is 24.8 Å². The van der Waals surface area contributed by atoms with Crippen molar-refractivity contribution in [3.63, 3.8) is 0 Å².